The third-order valence-corrected chi connectivity index (χ3v) is 3.84. The van der Waals surface area contributed by atoms with Gasteiger partial charge in [-0.05, 0) is 37.3 Å². The van der Waals surface area contributed by atoms with Gasteiger partial charge in [-0.2, -0.15) is 0 Å². The largest absolute Gasteiger partial charge is 0.347 e. The zero-order valence-corrected chi connectivity index (χ0v) is 12.1. The lowest BCUT2D eigenvalue weighted by Gasteiger charge is -2.14. The predicted octanol–water partition coefficient (Wildman–Crippen LogP) is 4.14. The van der Waals surface area contributed by atoms with E-state index in [0.717, 1.165) is 17.3 Å². The smallest absolute Gasteiger partial charge is 0.223 e. The Hall–Kier alpha value is -1.42. The van der Waals surface area contributed by atoms with Crippen LogP contribution >= 0.6 is 11.3 Å². The van der Waals surface area contributed by atoms with E-state index in [1.165, 1.54) is 4.88 Å². The van der Waals surface area contributed by atoms with Crippen molar-refractivity contribution in [3.8, 4) is 0 Å². The molecule has 0 aliphatic rings. The zero-order valence-electron chi connectivity index (χ0n) is 11.3. The number of nitrogens with zero attached hydrogens (tertiary/aromatic N) is 2. The molecule has 2 heterocycles. The normalized spacial score (nSPS) is 12.7. The summed E-state index contributed by atoms with van der Waals surface area (Å²) in [5.74, 6) is 1.14. The van der Waals surface area contributed by atoms with E-state index in [0.29, 0.717) is 5.92 Å². The van der Waals surface area contributed by atoms with Crippen molar-refractivity contribution in [1.29, 1.82) is 0 Å². The van der Waals surface area contributed by atoms with Gasteiger partial charge in [0, 0.05) is 16.3 Å². The quantitative estimate of drug-likeness (QED) is 0.898. The lowest BCUT2D eigenvalue weighted by Crippen LogP contribution is -2.10. The molecule has 1 N–H and O–H groups in total. The van der Waals surface area contributed by atoms with Crippen LogP contribution in [0.25, 0.3) is 0 Å². The second-order valence-electron chi connectivity index (χ2n) is 4.79. The highest BCUT2D eigenvalue weighted by atomic mass is 32.1. The summed E-state index contributed by atoms with van der Waals surface area (Å²) in [6.45, 7) is 8.43. The first kappa shape index (κ1) is 13.0. The Balaban J connectivity index is 2.18. The van der Waals surface area contributed by atoms with Crippen molar-refractivity contribution in [3.05, 3.63) is 39.8 Å². The molecule has 4 heteroatoms. The van der Waals surface area contributed by atoms with Crippen molar-refractivity contribution >= 4 is 17.3 Å². The SMILES string of the molecule is Cc1cc(C(C)C)nc(NC(C)c2cccs2)n1. The Bertz CT molecular complexity index is 506. The molecule has 0 radical (unpaired) electrons. The van der Waals surface area contributed by atoms with E-state index >= 15 is 0 Å². The number of aryl methyl sites for hydroxylation is 1. The molecule has 0 bridgehead atoms. The molecule has 18 heavy (non-hydrogen) atoms. The fraction of sp³-hybridized carbons (Fsp3) is 0.429. The van der Waals surface area contributed by atoms with Gasteiger partial charge in [-0.3, -0.25) is 0 Å². The van der Waals surface area contributed by atoms with Crippen LogP contribution in [0, 0.1) is 6.92 Å². The zero-order chi connectivity index (χ0) is 13.1. The summed E-state index contributed by atoms with van der Waals surface area (Å²) in [6.07, 6.45) is 0. The summed E-state index contributed by atoms with van der Waals surface area (Å²) in [4.78, 5) is 10.3. The van der Waals surface area contributed by atoms with Crippen LogP contribution in [0.5, 0.6) is 0 Å². The highest BCUT2D eigenvalue weighted by molar-refractivity contribution is 7.10. The summed E-state index contributed by atoms with van der Waals surface area (Å²) in [5.41, 5.74) is 2.10. The van der Waals surface area contributed by atoms with Gasteiger partial charge < -0.3 is 5.32 Å². The Kier molecular flexibility index (Phi) is 3.97. The van der Waals surface area contributed by atoms with Gasteiger partial charge in [0.15, 0.2) is 0 Å². The Morgan fingerprint density at radius 3 is 2.61 bits per heavy atom. The van der Waals surface area contributed by atoms with Crippen LogP contribution < -0.4 is 5.32 Å². The molecule has 0 saturated heterocycles. The number of hydrogen-bond acceptors (Lipinski definition) is 4. The van der Waals surface area contributed by atoms with Crippen LogP contribution in [0.4, 0.5) is 5.95 Å². The van der Waals surface area contributed by atoms with Crippen molar-refractivity contribution in [2.45, 2.75) is 39.7 Å². The van der Waals surface area contributed by atoms with E-state index in [1.54, 1.807) is 11.3 Å². The molecule has 0 fully saturated rings. The highest BCUT2D eigenvalue weighted by Crippen LogP contribution is 2.22. The monoisotopic (exact) mass is 261 g/mol. The molecule has 2 aromatic heterocycles. The molecular formula is C14H19N3S. The van der Waals surface area contributed by atoms with Crippen molar-refractivity contribution in [2.24, 2.45) is 0 Å². The van der Waals surface area contributed by atoms with Crippen LogP contribution in [-0.4, -0.2) is 9.97 Å². The fourth-order valence-electron chi connectivity index (χ4n) is 1.76. The van der Waals surface area contributed by atoms with Gasteiger partial charge >= 0.3 is 0 Å². The number of anilines is 1. The van der Waals surface area contributed by atoms with E-state index in [1.807, 2.05) is 13.0 Å². The summed E-state index contributed by atoms with van der Waals surface area (Å²) in [6, 6.07) is 6.48. The van der Waals surface area contributed by atoms with Gasteiger partial charge in [-0.1, -0.05) is 19.9 Å². The molecule has 0 spiro atoms. The highest BCUT2D eigenvalue weighted by Gasteiger charge is 2.10. The second kappa shape index (κ2) is 5.48. The topological polar surface area (TPSA) is 37.8 Å². The molecule has 0 aliphatic heterocycles. The third-order valence-electron chi connectivity index (χ3n) is 2.78. The summed E-state index contributed by atoms with van der Waals surface area (Å²) < 4.78 is 0. The predicted molar refractivity (Wildman–Crippen MR) is 77.2 cm³/mol. The number of rotatable bonds is 4. The third kappa shape index (κ3) is 3.07. The first-order valence-corrected chi connectivity index (χ1v) is 7.09. The van der Waals surface area contributed by atoms with Gasteiger partial charge in [0.05, 0.1) is 6.04 Å². The van der Waals surface area contributed by atoms with E-state index < -0.39 is 0 Å². The number of aromatic nitrogens is 2. The van der Waals surface area contributed by atoms with E-state index in [4.69, 9.17) is 0 Å². The maximum atomic E-state index is 4.57. The molecule has 0 saturated carbocycles. The van der Waals surface area contributed by atoms with E-state index in [2.05, 4.69) is 53.6 Å². The van der Waals surface area contributed by atoms with Crippen molar-refractivity contribution in [3.63, 3.8) is 0 Å². The molecule has 1 unspecified atom stereocenters. The summed E-state index contributed by atoms with van der Waals surface area (Å²) in [7, 11) is 0. The van der Waals surface area contributed by atoms with Crippen molar-refractivity contribution < 1.29 is 0 Å². The Morgan fingerprint density at radius 2 is 2.00 bits per heavy atom. The van der Waals surface area contributed by atoms with Crippen LogP contribution in [-0.2, 0) is 0 Å². The average molecular weight is 261 g/mol. The fourth-order valence-corrected chi connectivity index (χ4v) is 2.49. The first-order valence-electron chi connectivity index (χ1n) is 6.22. The van der Waals surface area contributed by atoms with Crippen molar-refractivity contribution in [2.75, 3.05) is 5.32 Å². The van der Waals surface area contributed by atoms with Crippen LogP contribution in [0.1, 0.15) is 49.0 Å². The summed E-state index contributed by atoms with van der Waals surface area (Å²) in [5, 5.41) is 5.46. The minimum atomic E-state index is 0.242. The number of hydrogen-bond donors (Lipinski definition) is 1. The molecular weight excluding hydrogens is 242 g/mol. The van der Waals surface area contributed by atoms with Gasteiger partial charge in [0.2, 0.25) is 5.95 Å². The number of nitrogens with one attached hydrogen (secondary N) is 1. The minimum absolute atomic E-state index is 0.242. The van der Waals surface area contributed by atoms with Crippen LogP contribution in [0.3, 0.4) is 0 Å². The van der Waals surface area contributed by atoms with Gasteiger partial charge in [-0.25, -0.2) is 9.97 Å². The lowest BCUT2D eigenvalue weighted by atomic mass is 10.1. The minimum Gasteiger partial charge on any atom is -0.347 e. The molecule has 3 nitrogen and oxygen atoms in total. The maximum Gasteiger partial charge on any atom is 0.223 e. The lowest BCUT2D eigenvalue weighted by molar-refractivity contribution is 0.797. The van der Waals surface area contributed by atoms with Crippen molar-refractivity contribution in [1.82, 2.24) is 9.97 Å². The second-order valence-corrected chi connectivity index (χ2v) is 5.77. The van der Waals surface area contributed by atoms with Crippen LogP contribution in [0.2, 0.25) is 0 Å². The standard InChI is InChI=1S/C14H19N3S/c1-9(2)12-8-10(3)15-14(17-12)16-11(4)13-6-5-7-18-13/h5-9,11H,1-4H3,(H,15,16,17). The van der Waals surface area contributed by atoms with E-state index in [-0.39, 0.29) is 6.04 Å². The average Bonchev–Trinajstić information content (AvgIpc) is 2.81. The van der Waals surface area contributed by atoms with Gasteiger partial charge in [-0.15, -0.1) is 11.3 Å². The molecule has 96 valence electrons. The Morgan fingerprint density at radius 1 is 1.22 bits per heavy atom. The number of thiophene rings is 1. The van der Waals surface area contributed by atoms with Gasteiger partial charge in [0.25, 0.3) is 0 Å². The first-order chi connectivity index (χ1) is 8.56. The van der Waals surface area contributed by atoms with Crippen LogP contribution in [0.15, 0.2) is 23.6 Å². The summed E-state index contributed by atoms with van der Waals surface area (Å²) >= 11 is 1.75. The molecule has 0 aliphatic carbocycles. The Labute approximate surface area is 112 Å². The molecule has 0 aromatic carbocycles. The molecule has 2 aromatic rings. The molecule has 0 amide bonds. The maximum absolute atomic E-state index is 4.57. The molecule has 1 atom stereocenters. The molecule has 2 rings (SSSR count). The van der Waals surface area contributed by atoms with E-state index in [9.17, 15) is 0 Å². The van der Waals surface area contributed by atoms with Gasteiger partial charge in [0.1, 0.15) is 0 Å².